The maximum absolute atomic E-state index is 11.2. The van der Waals surface area contributed by atoms with Gasteiger partial charge in [-0.25, -0.2) is 0 Å². The molecule has 3 heteroatoms. The zero-order valence-corrected chi connectivity index (χ0v) is 9.27. The van der Waals surface area contributed by atoms with Crippen molar-refractivity contribution in [2.24, 2.45) is 5.92 Å². The quantitative estimate of drug-likeness (QED) is 0.563. The third kappa shape index (κ3) is 4.02. The summed E-state index contributed by atoms with van der Waals surface area (Å²) in [4.78, 5) is 11.2. The lowest BCUT2D eigenvalue weighted by Gasteiger charge is -2.16. The van der Waals surface area contributed by atoms with Crippen LogP contribution in [0.3, 0.4) is 0 Å². The summed E-state index contributed by atoms with van der Waals surface area (Å²) >= 11 is 0. The molecule has 0 saturated carbocycles. The van der Waals surface area contributed by atoms with Gasteiger partial charge < -0.3 is 9.47 Å². The van der Waals surface area contributed by atoms with Crippen molar-refractivity contribution in [1.82, 2.24) is 0 Å². The number of hydrogen-bond donors (Lipinski definition) is 0. The second-order valence-electron chi connectivity index (χ2n) is 3.59. The second-order valence-corrected chi connectivity index (χ2v) is 3.59. The van der Waals surface area contributed by atoms with Gasteiger partial charge in [0.15, 0.2) is 0 Å². The van der Waals surface area contributed by atoms with Crippen molar-refractivity contribution in [3.8, 4) is 5.75 Å². The molecular weight excluding hydrogens is 192 g/mol. The number of para-hydroxylation sites is 1. The fourth-order valence-corrected chi connectivity index (χ4v) is 1.01. The Labute approximate surface area is 90.0 Å². The van der Waals surface area contributed by atoms with Crippen molar-refractivity contribution in [2.45, 2.75) is 27.1 Å². The maximum Gasteiger partial charge on any atom is 0.311 e. The van der Waals surface area contributed by atoms with E-state index in [0.29, 0.717) is 5.75 Å². The van der Waals surface area contributed by atoms with Crippen LogP contribution in [0.5, 0.6) is 5.75 Å². The highest BCUT2D eigenvalue weighted by molar-refractivity contribution is 5.71. The minimum atomic E-state index is -0.553. The standard InChI is InChI=1S/C12H16O3/c1-9(2)12(13)15-10(3)14-11-7-5-4-6-8-11/h4-10H,1-3H3/t10-/m1/s1. The van der Waals surface area contributed by atoms with Crippen molar-refractivity contribution in [3.63, 3.8) is 0 Å². The zero-order chi connectivity index (χ0) is 11.3. The molecule has 1 atom stereocenters. The molecule has 0 aliphatic rings. The first kappa shape index (κ1) is 11.6. The highest BCUT2D eigenvalue weighted by Gasteiger charge is 2.13. The Bertz CT molecular complexity index is 306. The molecule has 0 aromatic heterocycles. The van der Waals surface area contributed by atoms with Crippen molar-refractivity contribution in [1.29, 1.82) is 0 Å². The fraction of sp³-hybridized carbons (Fsp3) is 0.417. The molecule has 0 aliphatic heterocycles. The number of carbonyl (C=O) groups is 1. The SMILES string of the molecule is CC(C)C(=O)O[C@H](C)Oc1ccccc1. The van der Waals surface area contributed by atoms with Crippen molar-refractivity contribution >= 4 is 5.97 Å². The van der Waals surface area contributed by atoms with Gasteiger partial charge in [0.25, 0.3) is 0 Å². The van der Waals surface area contributed by atoms with Crippen molar-refractivity contribution in [2.75, 3.05) is 0 Å². The Kier molecular flexibility index (Phi) is 4.16. The number of carbonyl (C=O) groups excluding carboxylic acids is 1. The van der Waals surface area contributed by atoms with E-state index in [2.05, 4.69) is 0 Å². The first-order chi connectivity index (χ1) is 7.09. The van der Waals surface area contributed by atoms with Crippen LogP contribution in [0.1, 0.15) is 20.8 Å². The lowest BCUT2D eigenvalue weighted by atomic mass is 10.2. The first-order valence-electron chi connectivity index (χ1n) is 5.02. The smallest absolute Gasteiger partial charge is 0.311 e. The van der Waals surface area contributed by atoms with Gasteiger partial charge in [0.1, 0.15) is 5.75 Å². The average molecular weight is 208 g/mol. The lowest BCUT2D eigenvalue weighted by Crippen LogP contribution is -2.23. The van der Waals surface area contributed by atoms with Crippen molar-refractivity contribution in [3.05, 3.63) is 30.3 Å². The van der Waals surface area contributed by atoms with E-state index in [4.69, 9.17) is 9.47 Å². The minimum absolute atomic E-state index is 0.133. The van der Waals surface area contributed by atoms with Crippen LogP contribution >= 0.6 is 0 Å². The predicted molar refractivity (Wildman–Crippen MR) is 57.5 cm³/mol. The van der Waals surface area contributed by atoms with Crippen LogP contribution in [-0.2, 0) is 9.53 Å². The van der Waals surface area contributed by atoms with Gasteiger partial charge in [-0.2, -0.15) is 0 Å². The molecule has 15 heavy (non-hydrogen) atoms. The summed E-state index contributed by atoms with van der Waals surface area (Å²) in [7, 11) is 0. The van der Waals surface area contributed by atoms with Gasteiger partial charge in [0, 0.05) is 6.92 Å². The predicted octanol–water partition coefficient (Wildman–Crippen LogP) is 2.61. The Hall–Kier alpha value is -1.51. The van der Waals surface area contributed by atoms with Crippen LogP contribution in [0.15, 0.2) is 30.3 Å². The summed E-state index contributed by atoms with van der Waals surface area (Å²) in [5.74, 6) is 0.312. The molecule has 3 nitrogen and oxygen atoms in total. The summed E-state index contributed by atoms with van der Waals surface area (Å²) < 4.78 is 10.4. The van der Waals surface area contributed by atoms with Crippen LogP contribution in [-0.4, -0.2) is 12.3 Å². The van der Waals surface area contributed by atoms with E-state index >= 15 is 0 Å². The second kappa shape index (κ2) is 5.39. The molecule has 1 aromatic rings. The Morgan fingerprint density at radius 3 is 2.27 bits per heavy atom. The van der Waals surface area contributed by atoms with E-state index in [9.17, 15) is 4.79 Å². The number of ether oxygens (including phenoxy) is 2. The molecule has 0 unspecified atom stereocenters. The van der Waals surface area contributed by atoms with E-state index < -0.39 is 6.29 Å². The summed E-state index contributed by atoms with van der Waals surface area (Å²) in [6.45, 7) is 5.28. The summed E-state index contributed by atoms with van der Waals surface area (Å²) in [6.07, 6.45) is -0.553. The maximum atomic E-state index is 11.2. The molecule has 0 N–H and O–H groups in total. The molecule has 0 radical (unpaired) electrons. The largest absolute Gasteiger partial charge is 0.455 e. The van der Waals surface area contributed by atoms with Gasteiger partial charge >= 0.3 is 5.97 Å². The Balaban J connectivity index is 2.43. The van der Waals surface area contributed by atoms with Crippen LogP contribution in [0, 0.1) is 5.92 Å². The number of benzene rings is 1. The van der Waals surface area contributed by atoms with E-state index in [1.165, 1.54) is 0 Å². The molecule has 1 rings (SSSR count). The van der Waals surface area contributed by atoms with Gasteiger partial charge in [-0.15, -0.1) is 0 Å². The highest BCUT2D eigenvalue weighted by atomic mass is 16.7. The monoisotopic (exact) mass is 208 g/mol. The lowest BCUT2D eigenvalue weighted by molar-refractivity contribution is -0.165. The average Bonchev–Trinajstić information content (AvgIpc) is 2.18. The van der Waals surface area contributed by atoms with Crippen LogP contribution in [0.4, 0.5) is 0 Å². The molecule has 0 aliphatic carbocycles. The molecule has 1 aromatic carbocycles. The highest BCUT2D eigenvalue weighted by Crippen LogP contribution is 2.12. The van der Waals surface area contributed by atoms with Gasteiger partial charge in [-0.3, -0.25) is 4.79 Å². The molecule has 0 bridgehead atoms. The molecule has 82 valence electrons. The van der Waals surface area contributed by atoms with E-state index in [0.717, 1.165) is 0 Å². The normalized spacial score (nSPS) is 12.3. The van der Waals surface area contributed by atoms with Crippen LogP contribution in [0.25, 0.3) is 0 Å². The van der Waals surface area contributed by atoms with Crippen molar-refractivity contribution < 1.29 is 14.3 Å². The number of hydrogen-bond acceptors (Lipinski definition) is 3. The van der Waals surface area contributed by atoms with E-state index in [1.807, 2.05) is 30.3 Å². The topological polar surface area (TPSA) is 35.5 Å². The molecule has 0 heterocycles. The van der Waals surface area contributed by atoms with Crippen LogP contribution in [0.2, 0.25) is 0 Å². The third-order valence-corrected chi connectivity index (χ3v) is 1.80. The number of esters is 1. The van der Waals surface area contributed by atoms with E-state index in [1.54, 1.807) is 20.8 Å². The zero-order valence-electron chi connectivity index (χ0n) is 9.27. The number of rotatable bonds is 4. The fourth-order valence-electron chi connectivity index (χ4n) is 1.01. The minimum Gasteiger partial charge on any atom is -0.455 e. The first-order valence-corrected chi connectivity index (χ1v) is 5.02. The van der Waals surface area contributed by atoms with Gasteiger partial charge in [-0.1, -0.05) is 32.0 Å². The molecule has 0 spiro atoms. The molecule has 0 fully saturated rings. The van der Waals surface area contributed by atoms with Crippen LogP contribution < -0.4 is 4.74 Å². The third-order valence-electron chi connectivity index (χ3n) is 1.80. The van der Waals surface area contributed by atoms with E-state index in [-0.39, 0.29) is 11.9 Å². The van der Waals surface area contributed by atoms with Gasteiger partial charge in [0.05, 0.1) is 5.92 Å². The Morgan fingerprint density at radius 2 is 1.73 bits per heavy atom. The molecule has 0 amide bonds. The molecule has 0 saturated heterocycles. The van der Waals surface area contributed by atoms with Gasteiger partial charge in [-0.05, 0) is 12.1 Å². The summed E-state index contributed by atoms with van der Waals surface area (Å²) in [5.41, 5.74) is 0. The molecular formula is C12H16O3. The summed E-state index contributed by atoms with van der Waals surface area (Å²) in [5, 5.41) is 0. The Morgan fingerprint density at radius 1 is 1.13 bits per heavy atom. The van der Waals surface area contributed by atoms with Gasteiger partial charge in [0.2, 0.25) is 6.29 Å². The summed E-state index contributed by atoms with van der Waals surface area (Å²) in [6, 6.07) is 9.27.